The Morgan fingerprint density at radius 1 is 1.43 bits per heavy atom. The molecule has 0 saturated carbocycles. The number of piperidine rings is 1. The van der Waals surface area contributed by atoms with Crippen molar-refractivity contribution in [3.05, 3.63) is 35.6 Å². The zero-order chi connectivity index (χ0) is 15.4. The summed E-state index contributed by atoms with van der Waals surface area (Å²) in [7, 11) is 0. The summed E-state index contributed by atoms with van der Waals surface area (Å²) in [6, 6.07) is 6.82. The number of carbonyl (C=O) groups excluding carboxylic acids is 1. The van der Waals surface area contributed by atoms with Gasteiger partial charge in [-0.3, -0.25) is 4.79 Å². The zero-order valence-electron chi connectivity index (χ0n) is 13.1. The van der Waals surface area contributed by atoms with E-state index >= 15 is 0 Å². The number of rotatable bonds is 4. The third-order valence-electron chi connectivity index (χ3n) is 4.42. The Morgan fingerprint density at radius 3 is 2.67 bits per heavy atom. The van der Waals surface area contributed by atoms with Gasteiger partial charge in [0, 0.05) is 18.5 Å². The third-order valence-corrected chi connectivity index (χ3v) is 4.42. The normalized spacial score (nSPS) is 23.6. The molecule has 1 fully saturated rings. The van der Waals surface area contributed by atoms with Crippen molar-refractivity contribution < 1.29 is 9.18 Å². The first-order valence-electron chi connectivity index (χ1n) is 7.82. The number of nitrogens with zero attached hydrogens (tertiary/aromatic N) is 1. The molecule has 0 radical (unpaired) electrons. The van der Waals surface area contributed by atoms with Crippen LogP contribution in [0.2, 0.25) is 0 Å². The second kappa shape index (κ2) is 7.03. The fourth-order valence-corrected chi connectivity index (χ4v) is 3.13. The van der Waals surface area contributed by atoms with E-state index in [0.717, 1.165) is 24.9 Å². The molecular formula is C17H25FN2O. The van der Waals surface area contributed by atoms with E-state index in [0.29, 0.717) is 12.6 Å². The number of hydrogen-bond donors (Lipinski definition) is 1. The maximum absolute atomic E-state index is 13.0. The standard InChI is InChI=1S/C17H25FN2O/c1-4-20(13(3)14-5-7-16(18)8-6-14)17(21)15-9-10-19-12(2)11-15/h5-8,12-13,15,19H,4,9-11H2,1-3H3. The van der Waals surface area contributed by atoms with Crippen LogP contribution in [0, 0.1) is 11.7 Å². The van der Waals surface area contributed by atoms with Crippen LogP contribution in [0.15, 0.2) is 24.3 Å². The summed E-state index contributed by atoms with van der Waals surface area (Å²) >= 11 is 0. The molecule has 1 N–H and O–H groups in total. The van der Waals surface area contributed by atoms with Crippen molar-refractivity contribution >= 4 is 5.91 Å². The van der Waals surface area contributed by atoms with Crippen molar-refractivity contribution in [2.75, 3.05) is 13.1 Å². The molecule has 4 heteroatoms. The van der Waals surface area contributed by atoms with Gasteiger partial charge >= 0.3 is 0 Å². The molecule has 2 rings (SSSR count). The van der Waals surface area contributed by atoms with Crippen LogP contribution in [0.1, 0.15) is 45.2 Å². The SMILES string of the molecule is CCN(C(=O)C1CCNC(C)C1)C(C)c1ccc(F)cc1. The Bertz CT molecular complexity index is 474. The highest BCUT2D eigenvalue weighted by atomic mass is 19.1. The summed E-state index contributed by atoms with van der Waals surface area (Å²) in [5, 5.41) is 3.38. The molecule has 1 aliphatic heterocycles. The van der Waals surface area contributed by atoms with Crippen LogP contribution in [0.3, 0.4) is 0 Å². The van der Waals surface area contributed by atoms with Crippen molar-refractivity contribution in [3.63, 3.8) is 0 Å². The number of carbonyl (C=O) groups is 1. The van der Waals surface area contributed by atoms with Crippen LogP contribution in [0.25, 0.3) is 0 Å². The summed E-state index contributed by atoms with van der Waals surface area (Å²) in [4.78, 5) is 14.7. The van der Waals surface area contributed by atoms with Gasteiger partial charge in [-0.2, -0.15) is 0 Å². The van der Waals surface area contributed by atoms with Crippen molar-refractivity contribution in [2.24, 2.45) is 5.92 Å². The average molecular weight is 292 g/mol. The minimum Gasteiger partial charge on any atom is -0.336 e. The highest BCUT2D eigenvalue weighted by molar-refractivity contribution is 5.79. The minimum absolute atomic E-state index is 0.0201. The largest absolute Gasteiger partial charge is 0.336 e. The molecule has 0 aliphatic carbocycles. The number of nitrogens with one attached hydrogen (secondary N) is 1. The molecule has 116 valence electrons. The first kappa shape index (κ1) is 16.0. The third kappa shape index (κ3) is 3.82. The molecule has 3 nitrogen and oxygen atoms in total. The highest BCUT2D eigenvalue weighted by Gasteiger charge is 2.30. The van der Waals surface area contributed by atoms with Gasteiger partial charge in [-0.25, -0.2) is 4.39 Å². The van der Waals surface area contributed by atoms with Gasteiger partial charge in [0.1, 0.15) is 5.82 Å². The summed E-state index contributed by atoms with van der Waals surface area (Å²) < 4.78 is 13.0. The minimum atomic E-state index is -0.243. The lowest BCUT2D eigenvalue weighted by atomic mass is 9.91. The first-order chi connectivity index (χ1) is 10.0. The molecule has 1 heterocycles. The van der Waals surface area contributed by atoms with Crippen LogP contribution in [0.4, 0.5) is 4.39 Å². The van der Waals surface area contributed by atoms with E-state index in [2.05, 4.69) is 12.2 Å². The summed E-state index contributed by atoms with van der Waals surface area (Å²) in [6.07, 6.45) is 1.79. The Hall–Kier alpha value is -1.42. The Kier molecular flexibility index (Phi) is 5.34. The Labute approximate surface area is 126 Å². The maximum Gasteiger partial charge on any atom is 0.226 e. The second-order valence-corrected chi connectivity index (χ2v) is 5.93. The molecule has 1 aliphatic rings. The number of amides is 1. The molecule has 1 saturated heterocycles. The Morgan fingerprint density at radius 2 is 2.10 bits per heavy atom. The summed E-state index contributed by atoms with van der Waals surface area (Å²) in [5.74, 6) is 0.0827. The van der Waals surface area contributed by atoms with Crippen LogP contribution in [-0.2, 0) is 4.79 Å². The van der Waals surface area contributed by atoms with E-state index in [4.69, 9.17) is 0 Å². The molecule has 21 heavy (non-hydrogen) atoms. The lowest BCUT2D eigenvalue weighted by Crippen LogP contribution is -2.44. The van der Waals surface area contributed by atoms with E-state index in [1.807, 2.05) is 18.7 Å². The Balaban J connectivity index is 2.10. The molecule has 0 aromatic heterocycles. The van der Waals surface area contributed by atoms with E-state index in [1.54, 1.807) is 12.1 Å². The predicted molar refractivity (Wildman–Crippen MR) is 82.4 cm³/mol. The zero-order valence-corrected chi connectivity index (χ0v) is 13.1. The molecule has 3 atom stereocenters. The van der Waals surface area contributed by atoms with Gasteiger partial charge in [-0.05, 0) is 57.9 Å². The van der Waals surface area contributed by atoms with Gasteiger partial charge in [-0.15, -0.1) is 0 Å². The molecule has 1 amide bonds. The van der Waals surface area contributed by atoms with Gasteiger partial charge in [0.2, 0.25) is 5.91 Å². The average Bonchev–Trinajstić information content (AvgIpc) is 2.48. The smallest absolute Gasteiger partial charge is 0.226 e. The van der Waals surface area contributed by atoms with E-state index < -0.39 is 0 Å². The van der Waals surface area contributed by atoms with E-state index in [9.17, 15) is 9.18 Å². The molecule has 1 aromatic rings. The van der Waals surface area contributed by atoms with Crippen molar-refractivity contribution in [1.29, 1.82) is 0 Å². The van der Waals surface area contributed by atoms with Gasteiger partial charge in [0.25, 0.3) is 0 Å². The van der Waals surface area contributed by atoms with Gasteiger partial charge in [-0.1, -0.05) is 12.1 Å². The molecule has 0 spiro atoms. The molecule has 0 bridgehead atoms. The van der Waals surface area contributed by atoms with E-state index in [1.165, 1.54) is 12.1 Å². The number of hydrogen-bond acceptors (Lipinski definition) is 2. The molecule has 1 aromatic carbocycles. The van der Waals surface area contributed by atoms with Crippen molar-refractivity contribution in [1.82, 2.24) is 10.2 Å². The lowest BCUT2D eigenvalue weighted by Gasteiger charge is -2.35. The fraction of sp³-hybridized carbons (Fsp3) is 0.588. The first-order valence-corrected chi connectivity index (χ1v) is 7.82. The quantitative estimate of drug-likeness (QED) is 0.924. The highest BCUT2D eigenvalue weighted by Crippen LogP contribution is 2.26. The summed E-state index contributed by atoms with van der Waals surface area (Å²) in [6.45, 7) is 7.72. The molecule has 3 unspecified atom stereocenters. The van der Waals surface area contributed by atoms with Crippen LogP contribution >= 0.6 is 0 Å². The predicted octanol–water partition coefficient (Wildman–Crippen LogP) is 3.12. The second-order valence-electron chi connectivity index (χ2n) is 5.93. The van der Waals surface area contributed by atoms with Crippen molar-refractivity contribution in [3.8, 4) is 0 Å². The lowest BCUT2D eigenvalue weighted by molar-refractivity contribution is -0.138. The fourth-order valence-electron chi connectivity index (χ4n) is 3.13. The summed E-state index contributed by atoms with van der Waals surface area (Å²) in [5.41, 5.74) is 0.980. The topological polar surface area (TPSA) is 32.3 Å². The maximum atomic E-state index is 13.0. The van der Waals surface area contributed by atoms with Gasteiger partial charge < -0.3 is 10.2 Å². The van der Waals surface area contributed by atoms with E-state index in [-0.39, 0.29) is 23.7 Å². The monoisotopic (exact) mass is 292 g/mol. The van der Waals surface area contributed by atoms with Crippen LogP contribution in [-0.4, -0.2) is 29.9 Å². The van der Waals surface area contributed by atoms with Crippen molar-refractivity contribution in [2.45, 2.75) is 45.7 Å². The van der Waals surface area contributed by atoms with Crippen LogP contribution < -0.4 is 5.32 Å². The number of benzene rings is 1. The van der Waals surface area contributed by atoms with Crippen LogP contribution in [0.5, 0.6) is 0 Å². The number of halogens is 1. The molecular weight excluding hydrogens is 267 g/mol. The van der Waals surface area contributed by atoms with Gasteiger partial charge in [0.05, 0.1) is 6.04 Å². The van der Waals surface area contributed by atoms with Gasteiger partial charge in [0.15, 0.2) is 0 Å².